The normalized spacial score (nSPS) is 17.3. The minimum Gasteiger partial charge on any atom is -0.479 e. The Bertz CT molecular complexity index is 818. The number of halogens is 1. The SMILES string of the molecule is CN1C(=O)C(C(=O)O)N=C(c2ccccc2)c2cc(Cl)ccc21. The van der Waals surface area contributed by atoms with Crippen LogP contribution in [-0.4, -0.2) is 35.8 Å². The average Bonchev–Trinajstić information content (AvgIpc) is 2.64. The molecular weight excluding hydrogens is 316 g/mol. The molecule has 3 rings (SSSR count). The lowest BCUT2D eigenvalue weighted by atomic mass is 10.0. The molecule has 1 aliphatic rings. The quantitative estimate of drug-likeness (QED) is 0.861. The molecule has 1 heterocycles. The Labute approximate surface area is 137 Å². The number of hydrogen-bond donors (Lipinski definition) is 1. The molecule has 0 aromatic heterocycles. The molecule has 0 spiro atoms. The van der Waals surface area contributed by atoms with E-state index in [1.807, 2.05) is 30.3 Å². The lowest BCUT2D eigenvalue weighted by Crippen LogP contribution is -2.39. The number of anilines is 1. The highest BCUT2D eigenvalue weighted by Gasteiger charge is 2.34. The molecule has 1 N–H and O–H groups in total. The molecule has 6 heteroatoms. The summed E-state index contributed by atoms with van der Waals surface area (Å²) in [6.45, 7) is 0. The maximum Gasteiger partial charge on any atom is 0.338 e. The molecule has 1 atom stereocenters. The Morgan fingerprint density at radius 3 is 2.57 bits per heavy atom. The number of nitrogens with zero attached hydrogens (tertiary/aromatic N) is 2. The van der Waals surface area contributed by atoms with Gasteiger partial charge >= 0.3 is 5.97 Å². The topological polar surface area (TPSA) is 70.0 Å². The number of carboxylic acid groups (broad SMARTS) is 1. The summed E-state index contributed by atoms with van der Waals surface area (Å²) in [5.41, 5.74) is 2.37. The number of carboxylic acids is 1. The maximum absolute atomic E-state index is 12.4. The number of benzodiazepines with no additional fused rings is 1. The predicted octanol–water partition coefficient (Wildman–Crippen LogP) is 2.61. The van der Waals surface area contributed by atoms with Crippen molar-refractivity contribution >= 4 is 34.9 Å². The van der Waals surface area contributed by atoms with Crippen molar-refractivity contribution in [3.63, 3.8) is 0 Å². The van der Waals surface area contributed by atoms with E-state index in [9.17, 15) is 14.7 Å². The van der Waals surface area contributed by atoms with E-state index in [2.05, 4.69) is 4.99 Å². The summed E-state index contributed by atoms with van der Waals surface area (Å²) in [6.07, 6.45) is 0. The van der Waals surface area contributed by atoms with Crippen molar-refractivity contribution in [1.82, 2.24) is 0 Å². The van der Waals surface area contributed by atoms with Gasteiger partial charge in [-0.15, -0.1) is 0 Å². The lowest BCUT2D eigenvalue weighted by Gasteiger charge is -2.19. The van der Waals surface area contributed by atoms with Crippen LogP contribution in [-0.2, 0) is 9.59 Å². The van der Waals surface area contributed by atoms with Gasteiger partial charge in [-0.1, -0.05) is 41.9 Å². The third kappa shape index (κ3) is 2.71. The molecule has 0 aliphatic carbocycles. The van der Waals surface area contributed by atoms with Gasteiger partial charge in [-0.2, -0.15) is 0 Å². The van der Waals surface area contributed by atoms with E-state index in [-0.39, 0.29) is 0 Å². The van der Waals surface area contributed by atoms with E-state index in [1.54, 1.807) is 18.2 Å². The van der Waals surface area contributed by atoms with Gasteiger partial charge in [0, 0.05) is 23.2 Å². The van der Waals surface area contributed by atoms with Gasteiger partial charge in [0.05, 0.1) is 11.4 Å². The number of aliphatic carboxylic acids is 1. The molecule has 23 heavy (non-hydrogen) atoms. The summed E-state index contributed by atoms with van der Waals surface area (Å²) in [7, 11) is 1.54. The van der Waals surface area contributed by atoms with Crippen LogP contribution >= 0.6 is 11.6 Å². The summed E-state index contributed by atoms with van der Waals surface area (Å²) in [5, 5.41) is 9.86. The standard InChI is InChI=1S/C17H13ClN2O3/c1-20-13-8-7-11(18)9-12(13)14(10-5-3-2-4-6-10)19-15(16(20)21)17(22)23/h2-9,15H,1H3,(H,22,23). The van der Waals surface area contributed by atoms with Crippen molar-refractivity contribution in [2.45, 2.75) is 6.04 Å². The van der Waals surface area contributed by atoms with E-state index >= 15 is 0 Å². The first-order valence-electron chi connectivity index (χ1n) is 6.92. The van der Waals surface area contributed by atoms with Crippen molar-refractivity contribution in [2.24, 2.45) is 4.99 Å². The smallest absolute Gasteiger partial charge is 0.338 e. The highest BCUT2D eigenvalue weighted by atomic mass is 35.5. The Kier molecular flexibility index (Phi) is 3.88. The molecule has 1 amide bonds. The molecule has 116 valence electrons. The van der Waals surface area contributed by atoms with Gasteiger partial charge in [-0.25, -0.2) is 4.79 Å². The second-order valence-corrected chi connectivity index (χ2v) is 5.58. The van der Waals surface area contributed by atoms with Crippen LogP contribution in [0.25, 0.3) is 0 Å². The summed E-state index contributed by atoms with van der Waals surface area (Å²) in [4.78, 5) is 29.4. The number of amides is 1. The minimum atomic E-state index is -1.48. The van der Waals surface area contributed by atoms with E-state index < -0.39 is 17.9 Å². The van der Waals surface area contributed by atoms with Gasteiger partial charge in [0.1, 0.15) is 0 Å². The van der Waals surface area contributed by atoms with Gasteiger partial charge in [0.25, 0.3) is 5.91 Å². The molecular formula is C17H13ClN2O3. The molecule has 2 aromatic carbocycles. The number of rotatable bonds is 2. The number of carbonyl (C=O) groups is 2. The van der Waals surface area contributed by atoms with Crippen LogP contribution in [0.4, 0.5) is 5.69 Å². The number of fused-ring (bicyclic) bond motifs is 1. The molecule has 2 aromatic rings. The lowest BCUT2D eigenvalue weighted by molar-refractivity contribution is -0.141. The zero-order valence-electron chi connectivity index (χ0n) is 12.2. The van der Waals surface area contributed by atoms with Crippen molar-refractivity contribution in [1.29, 1.82) is 0 Å². The van der Waals surface area contributed by atoms with Gasteiger partial charge in [0.2, 0.25) is 6.04 Å². The van der Waals surface area contributed by atoms with E-state index in [0.29, 0.717) is 22.0 Å². The predicted molar refractivity (Wildman–Crippen MR) is 88.4 cm³/mol. The summed E-state index contributed by atoms with van der Waals surface area (Å²) in [5.74, 6) is -1.87. The van der Waals surface area contributed by atoms with Crippen molar-refractivity contribution < 1.29 is 14.7 Å². The van der Waals surface area contributed by atoms with E-state index in [4.69, 9.17) is 11.6 Å². The largest absolute Gasteiger partial charge is 0.479 e. The molecule has 0 saturated heterocycles. The Balaban J connectivity index is 2.30. The van der Waals surface area contributed by atoms with Crippen LogP contribution in [0.2, 0.25) is 5.02 Å². The van der Waals surface area contributed by atoms with Crippen LogP contribution in [0.5, 0.6) is 0 Å². The number of likely N-dealkylation sites (N-methyl/N-ethyl adjacent to an activating group) is 1. The Morgan fingerprint density at radius 1 is 1.22 bits per heavy atom. The van der Waals surface area contributed by atoms with E-state index in [1.165, 1.54) is 11.9 Å². The van der Waals surface area contributed by atoms with Gasteiger partial charge in [0.15, 0.2) is 0 Å². The fourth-order valence-corrected chi connectivity index (χ4v) is 2.71. The fourth-order valence-electron chi connectivity index (χ4n) is 2.53. The fraction of sp³-hybridized carbons (Fsp3) is 0.118. The zero-order valence-corrected chi connectivity index (χ0v) is 13.0. The third-order valence-corrected chi connectivity index (χ3v) is 3.91. The minimum absolute atomic E-state index is 0.438. The first kappa shape index (κ1) is 15.2. The van der Waals surface area contributed by atoms with Crippen LogP contribution in [0, 0.1) is 0 Å². The first-order chi connectivity index (χ1) is 11.0. The average molecular weight is 329 g/mol. The second-order valence-electron chi connectivity index (χ2n) is 5.14. The molecule has 1 aliphatic heterocycles. The van der Waals surface area contributed by atoms with Crippen molar-refractivity contribution in [2.75, 3.05) is 11.9 Å². The zero-order chi connectivity index (χ0) is 16.6. The first-order valence-corrected chi connectivity index (χ1v) is 7.30. The molecule has 0 saturated carbocycles. The van der Waals surface area contributed by atoms with Gasteiger partial charge < -0.3 is 10.0 Å². The summed E-state index contributed by atoms with van der Waals surface area (Å²) >= 11 is 6.09. The molecule has 0 radical (unpaired) electrons. The maximum atomic E-state index is 12.4. The Hall–Kier alpha value is -2.66. The number of aliphatic imine (C=N–C) groups is 1. The summed E-state index contributed by atoms with van der Waals surface area (Å²) in [6, 6.07) is 12.7. The number of benzene rings is 2. The Morgan fingerprint density at radius 2 is 1.91 bits per heavy atom. The van der Waals surface area contributed by atoms with Crippen LogP contribution in [0.15, 0.2) is 53.5 Å². The van der Waals surface area contributed by atoms with Crippen molar-refractivity contribution in [3.05, 3.63) is 64.7 Å². The highest BCUT2D eigenvalue weighted by molar-refractivity contribution is 6.32. The second kappa shape index (κ2) is 5.85. The van der Waals surface area contributed by atoms with Crippen LogP contribution < -0.4 is 4.90 Å². The van der Waals surface area contributed by atoms with Crippen molar-refractivity contribution in [3.8, 4) is 0 Å². The van der Waals surface area contributed by atoms with Gasteiger partial charge in [-0.3, -0.25) is 9.79 Å². The van der Waals surface area contributed by atoms with E-state index in [0.717, 1.165) is 5.56 Å². The monoisotopic (exact) mass is 328 g/mol. The molecule has 0 bridgehead atoms. The third-order valence-electron chi connectivity index (χ3n) is 3.68. The molecule has 5 nitrogen and oxygen atoms in total. The number of carbonyl (C=O) groups excluding carboxylic acids is 1. The van der Waals surface area contributed by atoms with Crippen LogP contribution in [0.1, 0.15) is 11.1 Å². The molecule has 1 unspecified atom stereocenters. The number of hydrogen-bond acceptors (Lipinski definition) is 3. The highest BCUT2D eigenvalue weighted by Crippen LogP contribution is 2.30. The molecule has 0 fully saturated rings. The van der Waals surface area contributed by atoms with Gasteiger partial charge in [-0.05, 0) is 18.2 Å². The van der Waals surface area contributed by atoms with Crippen LogP contribution in [0.3, 0.4) is 0 Å². The summed E-state index contributed by atoms with van der Waals surface area (Å²) < 4.78 is 0.